The molecule has 3 fully saturated rings. The number of carbonyl (C=O) groups is 6. The zero-order valence-corrected chi connectivity index (χ0v) is 42.6. The second kappa shape index (κ2) is 26.2. The zero-order valence-electron chi connectivity index (χ0n) is 41.7. The topological polar surface area (TPSA) is 266 Å². The van der Waals surface area contributed by atoms with Crippen LogP contribution in [0.4, 0.5) is 14.5 Å². The van der Waals surface area contributed by atoms with Crippen LogP contribution in [0.3, 0.4) is 0 Å². The number of allylic oxidation sites excluding steroid dienone is 4. The van der Waals surface area contributed by atoms with E-state index < -0.39 is 94.2 Å². The lowest BCUT2D eigenvalue weighted by atomic mass is 9.44. The van der Waals surface area contributed by atoms with Gasteiger partial charge in [0.05, 0.1) is 77.1 Å². The number of Topliss-reactive ketones (excluding diaryl/α,β-unsaturated/α-hetero) is 1. The van der Waals surface area contributed by atoms with Gasteiger partial charge in [0.15, 0.2) is 23.5 Å². The smallest absolute Gasteiger partial charge is 0.304 e. The molecule has 0 aliphatic heterocycles. The summed E-state index contributed by atoms with van der Waals surface area (Å²) in [4.78, 5) is 73.0. The number of halogens is 2. The van der Waals surface area contributed by atoms with Crippen LogP contribution in [0.25, 0.3) is 0 Å². The number of anilines is 1. The number of aliphatic hydroxyl groups is 3. The van der Waals surface area contributed by atoms with E-state index in [9.17, 15) is 44.1 Å². The molecule has 7 N–H and O–H groups in total. The van der Waals surface area contributed by atoms with E-state index in [0.717, 1.165) is 17.2 Å². The molecular formula is C53H69F2N3O15S. The van der Waals surface area contributed by atoms with Gasteiger partial charge in [-0.3, -0.25) is 28.8 Å². The highest BCUT2D eigenvalue weighted by molar-refractivity contribution is 7.81. The number of alkyl halides is 2. The van der Waals surface area contributed by atoms with Crippen LogP contribution in [-0.2, 0) is 58.9 Å². The Bertz CT molecular complexity index is 2380. The summed E-state index contributed by atoms with van der Waals surface area (Å²) in [6.45, 7) is 4.92. The molecule has 0 heterocycles. The van der Waals surface area contributed by atoms with Gasteiger partial charge in [0.25, 0.3) is 0 Å². The summed E-state index contributed by atoms with van der Waals surface area (Å²) in [6.07, 6.45) is -1.49. The molecule has 0 radical (unpaired) electrons. The van der Waals surface area contributed by atoms with Crippen LogP contribution in [-0.4, -0.2) is 157 Å². The Balaban J connectivity index is 0.860. The molecule has 3 saturated carbocycles. The number of carboxylic acids is 1. The number of carbonyl (C=O) groups excluding carboxylic acids is 5. The zero-order chi connectivity index (χ0) is 53.7. The molecule has 0 bridgehead atoms. The van der Waals surface area contributed by atoms with Crippen molar-refractivity contribution < 1.29 is 81.7 Å². The molecule has 74 heavy (non-hydrogen) atoms. The fourth-order valence-corrected chi connectivity index (χ4v) is 11.5. The number of aliphatic hydroxyl groups excluding tert-OH is 3. The fourth-order valence-electron chi connectivity index (χ4n) is 11.3. The first-order valence-electron chi connectivity index (χ1n) is 25.0. The Hall–Kier alpha value is -4.97. The Kier molecular flexibility index (Phi) is 20.6. The Labute approximate surface area is 434 Å². The highest BCUT2D eigenvalue weighted by atomic mass is 32.1. The minimum absolute atomic E-state index is 0.00169. The van der Waals surface area contributed by atoms with E-state index in [1.54, 1.807) is 37.3 Å². The maximum atomic E-state index is 17.7. The maximum absolute atomic E-state index is 17.7. The SMILES string of the molecule is C[C@]12C=CC(=O)C=C1[C@@H](F)C[C@H]1C3CC[C@](O[C@@H](O)c4ccc(Cc5cccc(NC(=O)CCOCCOCCOCCOCCNC(=O)CCNC(=O)C(S)CC(=O)O)c5)cc4)(C(=O)CO)[C@@]3(C)C[C@H](O)[C@@]12F. The number of ketones is 2. The quantitative estimate of drug-likeness (QED) is 0.0328. The molecule has 6 rings (SSSR count). The highest BCUT2D eigenvalue weighted by Crippen LogP contribution is 2.71. The molecule has 2 aromatic rings. The van der Waals surface area contributed by atoms with Gasteiger partial charge >= 0.3 is 5.97 Å². The summed E-state index contributed by atoms with van der Waals surface area (Å²) >= 11 is 3.92. The standard InChI is InChI=1S/C53H69F2N3O15S/c1-50-14-10-37(60)28-40(50)41(54)29-39-38-11-15-52(44(62)32-59,51(38,2)31-43(61)53(39,50)55)73-49(68)35-8-6-33(7-9-35)26-34-4-3-5-36(27-34)58-46(64)13-18-69-20-22-71-24-25-72-23-21-70-19-17-56-45(63)12-16-57-48(67)42(74)30-47(65)66/h3-10,14,27-28,38-39,41-43,49,59,61,68,74H,11-13,15-26,29-32H2,1-2H3,(H,56,63)(H,57,67)(H,58,64)(H,65,66)/t38?,39-,41-,42?,43-,49+,50-,51-,52-,53-/m0/s1. The van der Waals surface area contributed by atoms with E-state index in [1.807, 2.05) is 18.2 Å². The van der Waals surface area contributed by atoms with Crippen LogP contribution in [0.2, 0.25) is 0 Å². The van der Waals surface area contributed by atoms with Crippen LogP contribution in [0.1, 0.15) is 81.8 Å². The first-order valence-corrected chi connectivity index (χ1v) is 25.5. The number of amides is 3. The van der Waals surface area contributed by atoms with Gasteiger partial charge in [-0.1, -0.05) is 49.4 Å². The summed E-state index contributed by atoms with van der Waals surface area (Å²) in [5.41, 5.74) is -4.44. The lowest BCUT2D eigenvalue weighted by Gasteiger charge is -2.63. The molecule has 0 spiro atoms. The molecule has 2 unspecified atom stereocenters. The van der Waals surface area contributed by atoms with Crippen LogP contribution in [0, 0.1) is 22.7 Å². The number of carboxylic acid groups (broad SMARTS) is 1. The molecule has 3 amide bonds. The number of fused-ring (bicyclic) bond motifs is 5. The average molecular weight is 1060 g/mol. The molecule has 406 valence electrons. The van der Waals surface area contributed by atoms with E-state index in [0.29, 0.717) is 50.7 Å². The first kappa shape index (κ1) is 58.3. The van der Waals surface area contributed by atoms with E-state index >= 15 is 8.78 Å². The maximum Gasteiger partial charge on any atom is 0.304 e. The summed E-state index contributed by atoms with van der Waals surface area (Å²) in [7, 11) is 0. The van der Waals surface area contributed by atoms with Crippen molar-refractivity contribution in [2.45, 2.75) is 100 Å². The monoisotopic (exact) mass is 1060 g/mol. The van der Waals surface area contributed by atoms with Crippen molar-refractivity contribution in [2.75, 3.05) is 77.9 Å². The number of aliphatic carboxylic acids is 1. The largest absolute Gasteiger partial charge is 0.481 e. The van der Waals surface area contributed by atoms with Gasteiger partial charge in [0.1, 0.15) is 18.4 Å². The van der Waals surface area contributed by atoms with E-state index in [2.05, 4.69) is 28.6 Å². The predicted octanol–water partition coefficient (Wildman–Crippen LogP) is 3.69. The average Bonchev–Trinajstić information content (AvgIpc) is 3.64. The molecule has 4 aliphatic rings. The highest BCUT2D eigenvalue weighted by Gasteiger charge is 2.76. The van der Waals surface area contributed by atoms with Gasteiger partial charge in [0.2, 0.25) is 17.7 Å². The fraction of sp³-hybridized carbons (Fsp3) is 0.585. The van der Waals surface area contributed by atoms with Crippen LogP contribution in [0.5, 0.6) is 0 Å². The minimum atomic E-state index is -2.36. The molecule has 21 heteroatoms. The second-order valence-electron chi connectivity index (χ2n) is 19.6. The van der Waals surface area contributed by atoms with Crippen molar-refractivity contribution in [3.8, 4) is 0 Å². The van der Waals surface area contributed by atoms with Gasteiger partial charge in [0, 0.05) is 47.5 Å². The van der Waals surface area contributed by atoms with Crippen LogP contribution in [0.15, 0.2) is 72.3 Å². The normalized spacial score (nSPS) is 27.7. The molecule has 4 aliphatic carbocycles. The van der Waals surface area contributed by atoms with Gasteiger partial charge in [-0.15, -0.1) is 0 Å². The van der Waals surface area contributed by atoms with Crippen LogP contribution >= 0.6 is 12.6 Å². The number of nitrogens with one attached hydrogen (secondary N) is 3. The molecule has 2 aromatic carbocycles. The summed E-state index contributed by atoms with van der Waals surface area (Å²) in [5, 5.41) is 49.3. The number of ether oxygens (including phenoxy) is 5. The predicted molar refractivity (Wildman–Crippen MR) is 267 cm³/mol. The second-order valence-corrected chi connectivity index (χ2v) is 20.3. The van der Waals surface area contributed by atoms with Gasteiger partial charge < -0.3 is 60.1 Å². The van der Waals surface area contributed by atoms with E-state index in [4.69, 9.17) is 28.8 Å². The van der Waals surface area contributed by atoms with Gasteiger partial charge in [-0.05, 0) is 85.9 Å². The first-order chi connectivity index (χ1) is 35.3. The molecule has 0 aromatic heterocycles. The van der Waals surface area contributed by atoms with Crippen molar-refractivity contribution in [1.29, 1.82) is 0 Å². The van der Waals surface area contributed by atoms with Crippen molar-refractivity contribution in [3.05, 3.63) is 89.0 Å². The Morgan fingerprint density at radius 1 is 0.851 bits per heavy atom. The lowest BCUT2D eigenvalue weighted by molar-refractivity contribution is -0.260. The van der Waals surface area contributed by atoms with Gasteiger partial charge in [-0.25, -0.2) is 8.78 Å². The summed E-state index contributed by atoms with van der Waals surface area (Å²) < 4.78 is 61.9. The number of hydrogen-bond acceptors (Lipinski definition) is 15. The third-order valence-electron chi connectivity index (χ3n) is 15.0. The molecular weight excluding hydrogens is 989 g/mol. The third-order valence-corrected chi connectivity index (χ3v) is 15.4. The molecule has 0 saturated heterocycles. The number of thiol groups is 1. The Morgan fingerprint density at radius 3 is 2.18 bits per heavy atom. The van der Waals surface area contributed by atoms with E-state index in [1.165, 1.54) is 19.1 Å². The van der Waals surface area contributed by atoms with Crippen molar-refractivity contribution in [2.24, 2.45) is 22.7 Å². The molecule has 10 atom stereocenters. The summed E-state index contributed by atoms with van der Waals surface area (Å²) in [6, 6.07) is 14.2. The lowest BCUT2D eigenvalue weighted by Crippen LogP contribution is -2.70. The third kappa shape index (κ3) is 13.5. The van der Waals surface area contributed by atoms with Crippen molar-refractivity contribution >= 4 is 53.6 Å². The Morgan fingerprint density at radius 2 is 1.51 bits per heavy atom. The number of hydrogen-bond donors (Lipinski definition) is 8. The summed E-state index contributed by atoms with van der Waals surface area (Å²) in [5.74, 6) is -5.13. The van der Waals surface area contributed by atoms with Gasteiger partial charge in [-0.2, -0.15) is 12.6 Å². The number of rotatable bonds is 29. The number of benzene rings is 2. The van der Waals surface area contributed by atoms with Crippen molar-refractivity contribution in [1.82, 2.24) is 10.6 Å². The van der Waals surface area contributed by atoms with E-state index in [-0.39, 0.29) is 88.8 Å². The van der Waals surface area contributed by atoms with Crippen LogP contribution < -0.4 is 16.0 Å². The molecule has 18 nitrogen and oxygen atoms in total. The van der Waals surface area contributed by atoms with Crippen molar-refractivity contribution in [3.63, 3.8) is 0 Å². The minimum Gasteiger partial charge on any atom is -0.481 e.